The first kappa shape index (κ1) is 13.4. The lowest BCUT2D eigenvalue weighted by Crippen LogP contribution is -2.48. The number of carbonyl (C=O) groups is 1. The molecule has 0 radical (unpaired) electrons. The first-order valence-electron chi connectivity index (χ1n) is 5.56. The molecule has 1 rings (SSSR count). The normalized spacial score (nSPS) is 14.2. The van der Waals surface area contributed by atoms with E-state index in [0.717, 1.165) is 0 Å². The smallest absolute Gasteiger partial charge is 0.329 e. The molecule has 1 aromatic carbocycles. The molecule has 4 heteroatoms. The van der Waals surface area contributed by atoms with Gasteiger partial charge in [-0.3, -0.25) is 0 Å². The Morgan fingerprint density at radius 3 is 2.47 bits per heavy atom. The van der Waals surface area contributed by atoms with Crippen LogP contribution in [0.25, 0.3) is 0 Å². The Kier molecular flexibility index (Phi) is 3.99. The zero-order chi connectivity index (χ0) is 13.1. The highest BCUT2D eigenvalue weighted by atomic mass is 16.5. The van der Waals surface area contributed by atoms with E-state index in [4.69, 9.17) is 4.74 Å². The van der Waals surface area contributed by atoms with Gasteiger partial charge in [-0.05, 0) is 25.0 Å². The van der Waals surface area contributed by atoms with Crippen molar-refractivity contribution in [2.45, 2.75) is 26.3 Å². The van der Waals surface area contributed by atoms with Crippen LogP contribution in [0.15, 0.2) is 24.3 Å². The van der Waals surface area contributed by atoms with Crippen molar-refractivity contribution in [3.05, 3.63) is 24.3 Å². The third kappa shape index (κ3) is 2.70. The minimum absolute atomic E-state index is 0.0510. The van der Waals surface area contributed by atoms with Crippen LogP contribution in [0, 0.1) is 5.92 Å². The first-order chi connectivity index (χ1) is 7.91. The van der Waals surface area contributed by atoms with E-state index in [9.17, 15) is 9.90 Å². The SMILES string of the molecule is COc1ccccc1NC(C)(C(=O)O)C(C)C. The maximum absolute atomic E-state index is 11.4. The predicted molar refractivity (Wildman–Crippen MR) is 67.5 cm³/mol. The molecule has 0 aliphatic heterocycles. The van der Waals surface area contributed by atoms with E-state index < -0.39 is 11.5 Å². The van der Waals surface area contributed by atoms with Crippen LogP contribution in [0.2, 0.25) is 0 Å². The van der Waals surface area contributed by atoms with Crippen LogP contribution in [0.5, 0.6) is 5.75 Å². The number of hydrogen-bond donors (Lipinski definition) is 2. The Balaban J connectivity index is 3.06. The second-order valence-corrected chi connectivity index (χ2v) is 4.49. The van der Waals surface area contributed by atoms with E-state index >= 15 is 0 Å². The molecule has 0 fully saturated rings. The van der Waals surface area contributed by atoms with Gasteiger partial charge in [0, 0.05) is 0 Å². The molecular weight excluding hydrogens is 218 g/mol. The highest BCUT2D eigenvalue weighted by Crippen LogP contribution is 2.29. The number of carboxylic acid groups (broad SMARTS) is 1. The van der Waals surface area contributed by atoms with E-state index in [1.807, 2.05) is 32.0 Å². The maximum atomic E-state index is 11.4. The molecule has 0 bridgehead atoms. The van der Waals surface area contributed by atoms with Crippen molar-refractivity contribution in [1.29, 1.82) is 0 Å². The van der Waals surface area contributed by atoms with Crippen molar-refractivity contribution < 1.29 is 14.6 Å². The molecule has 0 heterocycles. The molecule has 94 valence electrons. The number of nitrogens with one attached hydrogen (secondary N) is 1. The van der Waals surface area contributed by atoms with Gasteiger partial charge in [-0.1, -0.05) is 26.0 Å². The summed E-state index contributed by atoms with van der Waals surface area (Å²) in [6.45, 7) is 5.42. The summed E-state index contributed by atoms with van der Waals surface area (Å²) < 4.78 is 5.20. The molecule has 0 aliphatic carbocycles. The van der Waals surface area contributed by atoms with Gasteiger partial charge in [0.15, 0.2) is 0 Å². The van der Waals surface area contributed by atoms with Gasteiger partial charge in [0.05, 0.1) is 12.8 Å². The van der Waals surface area contributed by atoms with Gasteiger partial charge >= 0.3 is 5.97 Å². The molecular formula is C13H19NO3. The Morgan fingerprint density at radius 2 is 2.00 bits per heavy atom. The van der Waals surface area contributed by atoms with Crippen LogP contribution in [-0.2, 0) is 4.79 Å². The molecule has 0 saturated heterocycles. The fourth-order valence-electron chi connectivity index (χ4n) is 1.47. The minimum Gasteiger partial charge on any atom is -0.495 e. The third-order valence-electron chi connectivity index (χ3n) is 3.10. The van der Waals surface area contributed by atoms with Crippen LogP contribution in [0.4, 0.5) is 5.69 Å². The van der Waals surface area contributed by atoms with Crippen LogP contribution in [0.1, 0.15) is 20.8 Å². The third-order valence-corrected chi connectivity index (χ3v) is 3.10. The lowest BCUT2D eigenvalue weighted by Gasteiger charge is -2.31. The van der Waals surface area contributed by atoms with Gasteiger partial charge in [0.25, 0.3) is 0 Å². The van der Waals surface area contributed by atoms with Gasteiger partial charge in [-0.25, -0.2) is 4.79 Å². The second kappa shape index (κ2) is 5.08. The number of aliphatic carboxylic acids is 1. The van der Waals surface area contributed by atoms with E-state index in [1.54, 1.807) is 20.1 Å². The van der Waals surface area contributed by atoms with E-state index in [2.05, 4.69) is 5.32 Å². The van der Waals surface area contributed by atoms with Gasteiger partial charge in [-0.2, -0.15) is 0 Å². The van der Waals surface area contributed by atoms with Crippen molar-refractivity contribution in [2.24, 2.45) is 5.92 Å². The van der Waals surface area contributed by atoms with Gasteiger partial charge in [-0.15, -0.1) is 0 Å². The Morgan fingerprint density at radius 1 is 1.41 bits per heavy atom. The number of anilines is 1. The van der Waals surface area contributed by atoms with Crippen LogP contribution < -0.4 is 10.1 Å². The summed E-state index contributed by atoms with van der Waals surface area (Å²) in [5, 5.41) is 12.4. The molecule has 0 saturated carbocycles. The number of ether oxygens (including phenoxy) is 1. The summed E-state index contributed by atoms with van der Waals surface area (Å²) in [5.74, 6) is -0.288. The Bertz CT molecular complexity index is 403. The van der Waals surface area contributed by atoms with E-state index in [1.165, 1.54) is 0 Å². The number of para-hydroxylation sites is 2. The monoisotopic (exact) mass is 237 g/mol. The lowest BCUT2D eigenvalue weighted by molar-refractivity contribution is -0.143. The van der Waals surface area contributed by atoms with E-state index in [0.29, 0.717) is 11.4 Å². The largest absolute Gasteiger partial charge is 0.495 e. The zero-order valence-corrected chi connectivity index (χ0v) is 10.7. The number of methoxy groups -OCH3 is 1. The van der Waals surface area contributed by atoms with Crippen molar-refractivity contribution in [3.63, 3.8) is 0 Å². The van der Waals surface area contributed by atoms with Gasteiger partial charge in [0.1, 0.15) is 11.3 Å². The Hall–Kier alpha value is -1.71. The van der Waals surface area contributed by atoms with Crippen molar-refractivity contribution >= 4 is 11.7 Å². The Labute approximate surface area is 102 Å². The van der Waals surface area contributed by atoms with Gasteiger partial charge < -0.3 is 15.2 Å². The topological polar surface area (TPSA) is 58.6 Å². The quantitative estimate of drug-likeness (QED) is 0.826. The number of benzene rings is 1. The molecule has 0 aromatic heterocycles. The maximum Gasteiger partial charge on any atom is 0.329 e. The fraction of sp³-hybridized carbons (Fsp3) is 0.462. The average molecular weight is 237 g/mol. The van der Waals surface area contributed by atoms with Crippen LogP contribution >= 0.6 is 0 Å². The molecule has 17 heavy (non-hydrogen) atoms. The summed E-state index contributed by atoms with van der Waals surface area (Å²) in [6, 6.07) is 7.29. The fourth-order valence-corrected chi connectivity index (χ4v) is 1.47. The number of rotatable bonds is 5. The van der Waals surface area contributed by atoms with E-state index in [-0.39, 0.29) is 5.92 Å². The van der Waals surface area contributed by atoms with Crippen LogP contribution in [0.3, 0.4) is 0 Å². The van der Waals surface area contributed by atoms with Gasteiger partial charge in [0.2, 0.25) is 0 Å². The summed E-state index contributed by atoms with van der Waals surface area (Å²) >= 11 is 0. The highest BCUT2D eigenvalue weighted by molar-refractivity contribution is 5.83. The molecule has 2 N–H and O–H groups in total. The molecule has 1 atom stereocenters. The van der Waals surface area contributed by atoms with Crippen LogP contribution in [-0.4, -0.2) is 23.7 Å². The predicted octanol–water partition coefficient (Wildman–Crippen LogP) is 2.61. The summed E-state index contributed by atoms with van der Waals surface area (Å²) in [5.41, 5.74) is -0.331. The van der Waals surface area contributed by atoms with Crippen molar-refractivity contribution in [2.75, 3.05) is 12.4 Å². The molecule has 1 unspecified atom stereocenters. The summed E-state index contributed by atoms with van der Waals surface area (Å²) in [7, 11) is 1.56. The lowest BCUT2D eigenvalue weighted by atomic mass is 9.88. The highest BCUT2D eigenvalue weighted by Gasteiger charge is 2.37. The molecule has 1 aromatic rings. The standard InChI is InChI=1S/C13H19NO3/c1-9(2)13(3,12(15)16)14-10-7-5-6-8-11(10)17-4/h5-9,14H,1-4H3,(H,15,16). The summed E-state index contributed by atoms with van der Waals surface area (Å²) in [4.78, 5) is 11.4. The number of carboxylic acids is 1. The first-order valence-corrected chi connectivity index (χ1v) is 5.56. The summed E-state index contributed by atoms with van der Waals surface area (Å²) in [6.07, 6.45) is 0. The molecule has 0 amide bonds. The number of hydrogen-bond acceptors (Lipinski definition) is 3. The van der Waals surface area contributed by atoms with Crippen molar-refractivity contribution in [1.82, 2.24) is 0 Å². The zero-order valence-electron chi connectivity index (χ0n) is 10.7. The molecule has 0 aliphatic rings. The molecule has 0 spiro atoms. The minimum atomic E-state index is -1.02. The molecule has 4 nitrogen and oxygen atoms in total. The second-order valence-electron chi connectivity index (χ2n) is 4.49. The van der Waals surface area contributed by atoms with Crippen molar-refractivity contribution in [3.8, 4) is 5.75 Å². The average Bonchev–Trinajstić information content (AvgIpc) is 2.29.